The number of hydrogen-bond donors (Lipinski definition) is 0. The van der Waals surface area contributed by atoms with Gasteiger partial charge in [-0.25, -0.2) is 0 Å². The van der Waals surface area contributed by atoms with Crippen molar-refractivity contribution < 1.29 is 9.47 Å². The van der Waals surface area contributed by atoms with Crippen molar-refractivity contribution in [3.8, 4) is 5.75 Å². The minimum absolute atomic E-state index is 0.384. The van der Waals surface area contributed by atoms with Crippen LogP contribution in [0.15, 0.2) is 48.3 Å². The first-order valence-electron chi connectivity index (χ1n) is 5.40. The number of methoxy groups -OCH3 is 2. The fraction of sp³-hybridized carbons (Fsp3) is 0.286. The summed E-state index contributed by atoms with van der Waals surface area (Å²) in [6.07, 6.45) is 7.24. The van der Waals surface area contributed by atoms with Gasteiger partial charge in [0.1, 0.15) is 11.5 Å². The van der Waals surface area contributed by atoms with Crippen LogP contribution in [0, 0.1) is 0 Å². The Morgan fingerprint density at radius 3 is 2.56 bits per heavy atom. The number of rotatable bonds is 3. The predicted molar refractivity (Wildman–Crippen MR) is 64.6 cm³/mol. The minimum Gasteiger partial charge on any atom is -0.497 e. The van der Waals surface area contributed by atoms with Gasteiger partial charge in [0.2, 0.25) is 0 Å². The predicted octanol–water partition coefficient (Wildman–Crippen LogP) is 3.27. The molecule has 0 heterocycles. The van der Waals surface area contributed by atoms with Gasteiger partial charge in [-0.2, -0.15) is 0 Å². The lowest BCUT2D eigenvalue weighted by molar-refractivity contribution is 0.302. The third kappa shape index (κ3) is 2.11. The van der Waals surface area contributed by atoms with E-state index in [4.69, 9.17) is 9.47 Å². The van der Waals surface area contributed by atoms with Crippen LogP contribution in [0.5, 0.6) is 5.75 Å². The van der Waals surface area contributed by atoms with Crippen LogP contribution in [0.4, 0.5) is 0 Å². The van der Waals surface area contributed by atoms with Crippen molar-refractivity contribution in [3.63, 3.8) is 0 Å². The van der Waals surface area contributed by atoms with E-state index in [9.17, 15) is 0 Å². The molecule has 2 nitrogen and oxygen atoms in total. The zero-order valence-corrected chi connectivity index (χ0v) is 9.64. The summed E-state index contributed by atoms with van der Waals surface area (Å²) < 4.78 is 10.5. The first-order valence-corrected chi connectivity index (χ1v) is 5.40. The molecular formula is C14H16O2. The van der Waals surface area contributed by atoms with E-state index in [1.54, 1.807) is 14.2 Å². The summed E-state index contributed by atoms with van der Waals surface area (Å²) in [6, 6.07) is 8.14. The maximum absolute atomic E-state index is 5.37. The van der Waals surface area contributed by atoms with Crippen LogP contribution in [-0.2, 0) is 4.74 Å². The Morgan fingerprint density at radius 1 is 1.12 bits per heavy atom. The molecule has 0 amide bonds. The SMILES string of the molecule is COC1=CCC(c2ccccc2OC)C=C1. The van der Waals surface area contributed by atoms with Gasteiger partial charge in [-0.15, -0.1) is 0 Å². The van der Waals surface area contributed by atoms with E-state index < -0.39 is 0 Å². The fourth-order valence-corrected chi connectivity index (χ4v) is 1.96. The summed E-state index contributed by atoms with van der Waals surface area (Å²) >= 11 is 0. The second-order valence-corrected chi connectivity index (χ2v) is 3.75. The molecule has 2 rings (SSSR count). The Hall–Kier alpha value is -1.70. The van der Waals surface area contributed by atoms with Crippen molar-refractivity contribution in [2.75, 3.05) is 14.2 Å². The minimum atomic E-state index is 0.384. The molecule has 0 radical (unpaired) electrons. The van der Waals surface area contributed by atoms with Crippen molar-refractivity contribution in [1.82, 2.24) is 0 Å². The van der Waals surface area contributed by atoms with Crippen molar-refractivity contribution in [3.05, 3.63) is 53.8 Å². The fourth-order valence-electron chi connectivity index (χ4n) is 1.96. The standard InChI is InChI=1S/C14H16O2/c1-15-12-9-7-11(8-10-12)13-5-3-4-6-14(13)16-2/h3-7,9-11H,8H2,1-2H3. The number of allylic oxidation sites excluding steroid dienone is 3. The summed E-state index contributed by atoms with van der Waals surface area (Å²) in [5.41, 5.74) is 1.23. The maximum Gasteiger partial charge on any atom is 0.122 e. The highest BCUT2D eigenvalue weighted by molar-refractivity contribution is 5.40. The van der Waals surface area contributed by atoms with Crippen LogP contribution in [0.3, 0.4) is 0 Å². The molecule has 0 fully saturated rings. The molecule has 0 aliphatic heterocycles. The smallest absolute Gasteiger partial charge is 0.122 e. The van der Waals surface area contributed by atoms with Crippen LogP contribution in [0.25, 0.3) is 0 Å². The van der Waals surface area contributed by atoms with E-state index in [1.807, 2.05) is 24.3 Å². The van der Waals surface area contributed by atoms with Gasteiger partial charge in [-0.3, -0.25) is 0 Å². The van der Waals surface area contributed by atoms with Gasteiger partial charge in [0.05, 0.1) is 14.2 Å². The molecule has 1 aliphatic rings. The molecular weight excluding hydrogens is 200 g/mol. The number of hydrogen-bond acceptors (Lipinski definition) is 2. The molecule has 0 aromatic heterocycles. The first-order chi connectivity index (χ1) is 7.85. The van der Waals surface area contributed by atoms with E-state index in [1.165, 1.54) is 5.56 Å². The van der Waals surface area contributed by atoms with Crippen molar-refractivity contribution in [2.24, 2.45) is 0 Å². The van der Waals surface area contributed by atoms with Crippen LogP contribution >= 0.6 is 0 Å². The molecule has 0 N–H and O–H groups in total. The summed E-state index contributed by atoms with van der Waals surface area (Å²) in [4.78, 5) is 0. The van der Waals surface area contributed by atoms with Crippen LogP contribution in [0.1, 0.15) is 17.9 Å². The maximum atomic E-state index is 5.37. The van der Waals surface area contributed by atoms with E-state index >= 15 is 0 Å². The molecule has 0 saturated heterocycles. The molecule has 84 valence electrons. The van der Waals surface area contributed by atoms with Gasteiger partial charge in [-0.1, -0.05) is 24.3 Å². The lowest BCUT2D eigenvalue weighted by atomic mass is 9.91. The van der Waals surface area contributed by atoms with Gasteiger partial charge in [0, 0.05) is 11.5 Å². The number of para-hydroxylation sites is 1. The molecule has 2 heteroatoms. The summed E-state index contributed by atoms with van der Waals surface area (Å²) in [5, 5.41) is 0. The zero-order valence-electron chi connectivity index (χ0n) is 9.64. The molecule has 1 atom stereocenters. The molecule has 1 aromatic carbocycles. The van der Waals surface area contributed by atoms with E-state index in [0.717, 1.165) is 17.9 Å². The van der Waals surface area contributed by atoms with Crippen LogP contribution in [-0.4, -0.2) is 14.2 Å². The largest absolute Gasteiger partial charge is 0.497 e. The second-order valence-electron chi connectivity index (χ2n) is 3.75. The summed E-state index contributed by atoms with van der Waals surface area (Å²) in [7, 11) is 3.40. The molecule has 1 unspecified atom stereocenters. The summed E-state index contributed by atoms with van der Waals surface area (Å²) in [6.45, 7) is 0. The lowest BCUT2D eigenvalue weighted by Crippen LogP contribution is -2.01. The Kier molecular flexibility index (Phi) is 3.30. The highest BCUT2D eigenvalue weighted by Crippen LogP contribution is 2.32. The van der Waals surface area contributed by atoms with Gasteiger partial charge in [-0.05, 0) is 24.6 Å². The Morgan fingerprint density at radius 2 is 1.94 bits per heavy atom. The van der Waals surface area contributed by atoms with Gasteiger partial charge < -0.3 is 9.47 Å². The highest BCUT2D eigenvalue weighted by Gasteiger charge is 2.14. The van der Waals surface area contributed by atoms with E-state index in [-0.39, 0.29) is 0 Å². The Labute approximate surface area is 96.2 Å². The number of ether oxygens (including phenoxy) is 2. The van der Waals surface area contributed by atoms with Gasteiger partial charge >= 0.3 is 0 Å². The quantitative estimate of drug-likeness (QED) is 0.772. The summed E-state index contributed by atoms with van der Waals surface area (Å²) in [5.74, 6) is 2.27. The van der Waals surface area contributed by atoms with Crippen LogP contribution in [0.2, 0.25) is 0 Å². The van der Waals surface area contributed by atoms with Crippen LogP contribution < -0.4 is 4.74 Å². The van der Waals surface area contributed by atoms with Gasteiger partial charge in [0.15, 0.2) is 0 Å². The zero-order chi connectivity index (χ0) is 11.4. The van der Waals surface area contributed by atoms with Crippen molar-refractivity contribution in [2.45, 2.75) is 12.3 Å². The van der Waals surface area contributed by atoms with Gasteiger partial charge in [0.25, 0.3) is 0 Å². The Bertz CT molecular complexity index is 418. The third-order valence-electron chi connectivity index (χ3n) is 2.84. The second kappa shape index (κ2) is 4.88. The highest BCUT2D eigenvalue weighted by atomic mass is 16.5. The third-order valence-corrected chi connectivity index (χ3v) is 2.84. The lowest BCUT2D eigenvalue weighted by Gasteiger charge is -2.18. The molecule has 0 bridgehead atoms. The topological polar surface area (TPSA) is 18.5 Å². The molecule has 1 aromatic rings. The molecule has 16 heavy (non-hydrogen) atoms. The van der Waals surface area contributed by atoms with E-state index in [2.05, 4.69) is 18.2 Å². The Balaban J connectivity index is 2.21. The van der Waals surface area contributed by atoms with Crippen molar-refractivity contribution >= 4 is 0 Å². The monoisotopic (exact) mass is 216 g/mol. The first kappa shape index (κ1) is 10.8. The molecule has 1 aliphatic carbocycles. The average Bonchev–Trinajstić information content (AvgIpc) is 2.39. The number of benzene rings is 1. The van der Waals surface area contributed by atoms with E-state index in [0.29, 0.717) is 5.92 Å². The normalized spacial score (nSPS) is 19.1. The molecule has 0 spiro atoms. The average molecular weight is 216 g/mol. The van der Waals surface area contributed by atoms with Crippen molar-refractivity contribution in [1.29, 1.82) is 0 Å². The molecule has 0 saturated carbocycles.